The summed E-state index contributed by atoms with van der Waals surface area (Å²) in [5.74, 6) is 0.516. The summed E-state index contributed by atoms with van der Waals surface area (Å²) >= 11 is 0. The fourth-order valence-electron chi connectivity index (χ4n) is 4.92. The Labute approximate surface area is 146 Å². The lowest BCUT2D eigenvalue weighted by atomic mass is 9.94. The first-order valence-corrected chi connectivity index (χ1v) is 9.84. The molecule has 2 unspecified atom stereocenters. The number of rotatable bonds is 3. The number of fused-ring (bicyclic) bond motifs is 1. The highest BCUT2D eigenvalue weighted by molar-refractivity contribution is 5.85. The van der Waals surface area contributed by atoms with Crippen molar-refractivity contribution in [2.75, 3.05) is 26.2 Å². The maximum absolute atomic E-state index is 13.4. The minimum Gasteiger partial charge on any atom is -0.338 e. The molecule has 2 fully saturated rings. The van der Waals surface area contributed by atoms with E-state index in [0.29, 0.717) is 11.9 Å². The molecule has 2 atom stereocenters. The molecule has 0 aromatic heterocycles. The van der Waals surface area contributed by atoms with Crippen LogP contribution in [0.4, 0.5) is 0 Å². The quantitative estimate of drug-likeness (QED) is 0.849. The predicted molar refractivity (Wildman–Crippen MR) is 97.3 cm³/mol. The van der Waals surface area contributed by atoms with E-state index in [4.69, 9.17) is 0 Å². The van der Waals surface area contributed by atoms with Crippen LogP contribution < -0.4 is 0 Å². The lowest BCUT2D eigenvalue weighted by Gasteiger charge is -2.39. The fourth-order valence-corrected chi connectivity index (χ4v) is 4.92. The number of amides is 1. The third-order valence-corrected chi connectivity index (χ3v) is 6.26. The summed E-state index contributed by atoms with van der Waals surface area (Å²) in [5.41, 5.74) is 3.98. The molecule has 4 rings (SSSR count). The Bertz CT molecular complexity index is 606. The van der Waals surface area contributed by atoms with Crippen LogP contribution in [0.3, 0.4) is 0 Å². The van der Waals surface area contributed by atoms with Crippen LogP contribution in [-0.2, 0) is 11.2 Å². The van der Waals surface area contributed by atoms with Gasteiger partial charge in [-0.05, 0) is 76.1 Å². The lowest BCUT2D eigenvalue weighted by molar-refractivity contribution is -0.137. The maximum atomic E-state index is 13.4. The summed E-state index contributed by atoms with van der Waals surface area (Å²) in [6, 6.07) is 7.11. The molecule has 1 aromatic carbocycles. The number of carbonyl (C=O) groups is 1. The minimum absolute atomic E-state index is 0.110. The zero-order chi connectivity index (χ0) is 16.5. The van der Waals surface area contributed by atoms with Crippen LogP contribution in [0.5, 0.6) is 0 Å². The molecule has 0 saturated carbocycles. The lowest BCUT2D eigenvalue weighted by Crippen LogP contribution is -2.50. The van der Waals surface area contributed by atoms with Crippen LogP contribution in [0.25, 0.3) is 0 Å². The number of benzene rings is 1. The molecule has 24 heavy (non-hydrogen) atoms. The van der Waals surface area contributed by atoms with E-state index >= 15 is 0 Å². The normalized spacial score (nSPS) is 27.5. The first kappa shape index (κ1) is 16.1. The van der Waals surface area contributed by atoms with Crippen molar-refractivity contribution in [3.05, 3.63) is 34.9 Å². The Morgan fingerprint density at radius 3 is 2.71 bits per heavy atom. The third kappa shape index (κ3) is 3.11. The van der Waals surface area contributed by atoms with E-state index in [0.717, 1.165) is 25.9 Å². The summed E-state index contributed by atoms with van der Waals surface area (Å²) in [6.07, 6.45) is 8.38. The van der Waals surface area contributed by atoms with Gasteiger partial charge < -0.3 is 9.80 Å². The van der Waals surface area contributed by atoms with Gasteiger partial charge in [0, 0.05) is 19.1 Å². The number of carbonyl (C=O) groups excluding carboxylic acids is 1. The number of likely N-dealkylation sites (tertiary alicyclic amines) is 2. The fraction of sp³-hybridized carbons (Fsp3) is 0.667. The van der Waals surface area contributed by atoms with Gasteiger partial charge in [-0.15, -0.1) is 0 Å². The third-order valence-electron chi connectivity index (χ3n) is 6.26. The van der Waals surface area contributed by atoms with Crippen molar-refractivity contribution >= 4 is 5.91 Å². The van der Waals surface area contributed by atoms with Crippen LogP contribution >= 0.6 is 0 Å². The zero-order valence-electron chi connectivity index (χ0n) is 15.0. The van der Waals surface area contributed by atoms with Gasteiger partial charge in [0.25, 0.3) is 0 Å². The molecule has 3 aliphatic rings. The summed E-state index contributed by atoms with van der Waals surface area (Å²) in [4.78, 5) is 18.2. The van der Waals surface area contributed by atoms with E-state index in [1.165, 1.54) is 61.9 Å². The van der Waals surface area contributed by atoms with E-state index in [9.17, 15) is 4.79 Å². The van der Waals surface area contributed by atoms with E-state index in [1.54, 1.807) is 0 Å². The molecule has 3 heteroatoms. The molecule has 0 radical (unpaired) electrons. The Kier molecular flexibility index (Phi) is 4.62. The molecular weight excluding hydrogens is 296 g/mol. The first-order chi connectivity index (χ1) is 11.7. The number of hydrogen-bond donors (Lipinski definition) is 0. The molecular formula is C21H30N2O. The van der Waals surface area contributed by atoms with Crippen LogP contribution in [0.2, 0.25) is 0 Å². The van der Waals surface area contributed by atoms with E-state index in [-0.39, 0.29) is 5.92 Å². The van der Waals surface area contributed by atoms with Gasteiger partial charge in [0.2, 0.25) is 5.91 Å². The SMILES string of the molecule is Cc1ccc2c(c1)C(C(=O)N1CCCCC1CN1CCCC1)CC2. The number of piperidine rings is 1. The van der Waals surface area contributed by atoms with E-state index in [2.05, 4.69) is 34.9 Å². The topological polar surface area (TPSA) is 23.6 Å². The molecule has 2 aliphatic heterocycles. The zero-order valence-corrected chi connectivity index (χ0v) is 15.0. The largest absolute Gasteiger partial charge is 0.338 e. The van der Waals surface area contributed by atoms with Crippen LogP contribution in [-0.4, -0.2) is 47.9 Å². The summed E-state index contributed by atoms with van der Waals surface area (Å²) in [6.45, 7) is 6.65. The van der Waals surface area contributed by atoms with Crippen LogP contribution in [0.15, 0.2) is 18.2 Å². The van der Waals surface area contributed by atoms with Crippen molar-refractivity contribution < 1.29 is 4.79 Å². The molecule has 130 valence electrons. The molecule has 1 aromatic rings. The van der Waals surface area contributed by atoms with Gasteiger partial charge in [-0.1, -0.05) is 23.8 Å². The van der Waals surface area contributed by atoms with Gasteiger partial charge in [0.1, 0.15) is 0 Å². The smallest absolute Gasteiger partial charge is 0.230 e. The number of hydrogen-bond acceptors (Lipinski definition) is 2. The molecule has 1 aliphatic carbocycles. The summed E-state index contributed by atoms with van der Waals surface area (Å²) in [7, 11) is 0. The van der Waals surface area contributed by atoms with E-state index < -0.39 is 0 Å². The van der Waals surface area contributed by atoms with Crippen molar-refractivity contribution in [3.63, 3.8) is 0 Å². The Morgan fingerprint density at radius 1 is 1.08 bits per heavy atom. The minimum atomic E-state index is 0.110. The monoisotopic (exact) mass is 326 g/mol. The van der Waals surface area contributed by atoms with Gasteiger partial charge in [-0.2, -0.15) is 0 Å². The molecule has 3 nitrogen and oxygen atoms in total. The summed E-state index contributed by atoms with van der Waals surface area (Å²) < 4.78 is 0. The highest BCUT2D eigenvalue weighted by Gasteiger charge is 2.36. The van der Waals surface area contributed by atoms with Crippen LogP contribution in [0.1, 0.15) is 61.1 Å². The predicted octanol–water partition coefficient (Wildman–Crippen LogP) is 3.50. The Morgan fingerprint density at radius 2 is 1.88 bits per heavy atom. The van der Waals surface area contributed by atoms with Crippen molar-refractivity contribution in [1.29, 1.82) is 0 Å². The van der Waals surface area contributed by atoms with Crippen molar-refractivity contribution in [2.24, 2.45) is 0 Å². The summed E-state index contributed by atoms with van der Waals surface area (Å²) in [5, 5.41) is 0. The average Bonchev–Trinajstić information content (AvgIpc) is 3.24. The average molecular weight is 326 g/mol. The second-order valence-electron chi connectivity index (χ2n) is 7.98. The molecule has 2 saturated heterocycles. The van der Waals surface area contributed by atoms with Gasteiger partial charge >= 0.3 is 0 Å². The molecule has 2 heterocycles. The highest BCUT2D eigenvalue weighted by atomic mass is 16.2. The Balaban J connectivity index is 1.51. The van der Waals surface area contributed by atoms with Gasteiger partial charge in [-0.3, -0.25) is 4.79 Å². The Hall–Kier alpha value is -1.35. The number of aryl methyl sites for hydroxylation is 2. The first-order valence-electron chi connectivity index (χ1n) is 9.84. The number of nitrogens with zero attached hydrogens (tertiary/aromatic N) is 2. The van der Waals surface area contributed by atoms with Gasteiger partial charge in [0.15, 0.2) is 0 Å². The van der Waals surface area contributed by atoms with Gasteiger partial charge in [-0.25, -0.2) is 0 Å². The van der Waals surface area contributed by atoms with E-state index in [1.807, 2.05) is 0 Å². The molecule has 1 amide bonds. The highest BCUT2D eigenvalue weighted by Crippen LogP contribution is 2.36. The molecule has 0 bridgehead atoms. The second kappa shape index (κ2) is 6.87. The standard InChI is InChI=1S/C21H30N2O/c1-16-7-8-17-9-10-19(20(17)14-16)21(24)23-13-3-2-6-18(23)15-22-11-4-5-12-22/h7-8,14,18-19H,2-6,9-13,15H2,1H3. The van der Waals surface area contributed by atoms with Crippen molar-refractivity contribution in [1.82, 2.24) is 9.80 Å². The van der Waals surface area contributed by atoms with Crippen LogP contribution in [0, 0.1) is 6.92 Å². The maximum Gasteiger partial charge on any atom is 0.230 e. The molecule has 0 spiro atoms. The van der Waals surface area contributed by atoms with Crippen molar-refractivity contribution in [2.45, 2.75) is 63.8 Å². The molecule has 0 N–H and O–H groups in total. The second-order valence-corrected chi connectivity index (χ2v) is 7.98. The van der Waals surface area contributed by atoms with Crippen molar-refractivity contribution in [3.8, 4) is 0 Å². The van der Waals surface area contributed by atoms with Gasteiger partial charge in [0.05, 0.1) is 5.92 Å².